The van der Waals surface area contributed by atoms with Gasteiger partial charge in [0.25, 0.3) is 0 Å². The number of anilines is 3. The summed E-state index contributed by atoms with van der Waals surface area (Å²) in [4.78, 5) is 15.3. The Morgan fingerprint density at radius 3 is 3.08 bits per heavy atom. The molecular formula is C16H19N7O. The molecular weight excluding hydrogens is 306 g/mol. The molecule has 0 saturated carbocycles. The molecule has 1 aliphatic rings. The largest absolute Gasteiger partial charge is 0.391 e. The van der Waals surface area contributed by atoms with E-state index in [0.717, 1.165) is 41.9 Å². The summed E-state index contributed by atoms with van der Waals surface area (Å²) in [5.74, 6) is 1.93. The van der Waals surface area contributed by atoms with E-state index in [0.29, 0.717) is 18.3 Å². The minimum Gasteiger partial charge on any atom is -0.391 e. The number of pyridine rings is 1. The number of aromatic amines is 1. The Hall–Kier alpha value is -2.74. The predicted molar refractivity (Wildman–Crippen MR) is 91.4 cm³/mol. The van der Waals surface area contributed by atoms with Crippen molar-refractivity contribution in [2.75, 3.05) is 23.3 Å². The molecule has 0 aromatic carbocycles. The van der Waals surface area contributed by atoms with Crippen LogP contribution in [0.5, 0.6) is 0 Å². The fraction of sp³-hybridized carbons (Fsp3) is 0.375. The Morgan fingerprint density at radius 1 is 1.29 bits per heavy atom. The lowest BCUT2D eigenvalue weighted by Crippen LogP contribution is -2.38. The number of fused-ring (bicyclic) bond motifs is 1. The Balaban J connectivity index is 1.59. The lowest BCUT2D eigenvalue weighted by Gasteiger charge is -2.30. The van der Waals surface area contributed by atoms with E-state index in [4.69, 9.17) is 0 Å². The average Bonchev–Trinajstić information content (AvgIpc) is 2.97. The summed E-state index contributed by atoms with van der Waals surface area (Å²) in [7, 11) is 0. The number of aryl methyl sites for hydroxylation is 1. The van der Waals surface area contributed by atoms with Gasteiger partial charge in [0.2, 0.25) is 5.95 Å². The first-order valence-corrected chi connectivity index (χ1v) is 8.04. The number of piperidine rings is 1. The van der Waals surface area contributed by atoms with Gasteiger partial charge in [0.1, 0.15) is 5.82 Å². The van der Waals surface area contributed by atoms with Crippen LogP contribution in [0.1, 0.15) is 18.5 Å². The monoisotopic (exact) mass is 325 g/mol. The van der Waals surface area contributed by atoms with Gasteiger partial charge in [0, 0.05) is 25.0 Å². The third kappa shape index (κ3) is 2.88. The minimum absolute atomic E-state index is 0.297. The molecule has 4 rings (SSSR count). The number of aromatic nitrogens is 5. The van der Waals surface area contributed by atoms with E-state index in [2.05, 4.69) is 35.4 Å². The molecule has 8 heteroatoms. The van der Waals surface area contributed by atoms with Crippen molar-refractivity contribution in [2.24, 2.45) is 0 Å². The molecule has 3 aromatic rings. The number of aliphatic hydroxyl groups is 1. The quantitative estimate of drug-likeness (QED) is 0.674. The van der Waals surface area contributed by atoms with E-state index < -0.39 is 0 Å². The van der Waals surface area contributed by atoms with Crippen molar-refractivity contribution in [3.63, 3.8) is 0 Å². The topological polar surface area (TPSA) is 103 Å². The summed E-state index contributed by atoms with van der Waals surface area (Å²) in [6, 6.07) is 5.76. The van der Waals surface area contributed by atoms with E-state index in [9.17, 15) is 5.11 Å². The molecule has 124 valence electrons. The first-order chi connectivity index (χ1) is 11.7. The Labute approximate surface area is 139 Å². The predicted octanol–water partition coefficient (Wildman–Crippen LogP) is 1.76. The number of hydrogen-bond acceptors (Lipinski definition) is 7. The molecule has 1 atom stereocenters. The minimum atomic E-state index is -0.297. The second-order valence-electron chi connectivity index (χ2n) is 6.03. The molecule has 1 unspecified atom stereocenters. The zero-order valence-corrected chi connectivity index (χ0v) is 13.4. The smallest absolute Gasteiger partial charge is 0.230 e. The highest BCUT2D eigenvalue weighted by molar-refractivity contribution is 5.88. The number of hydrogen-bond donors (Lipinski definition) is 3. The van der Waals surface area contributed by atoms with Crippen molar-refractivity contribution < 1.29 is 5.11 Å². The number of H-pyrrole nitrogens is 1. The molecule has 3 aromatic heterocycles. The zero-order valence-electron chi connectivity index (χ0n) is 13.4. The second kappa shape index (κ2) is 6.04. The molecule has 0 aliphatic carbocycles. The maximum absolute atomic E-state index is 9.84. The van der Waals surface area contributed by atoms with Gasteiger partial charge in [-0.3, -0.25) is 5.10 Å². The van der Waals surface area contributed by atoms with Gasteiger partial charge < -0.3 is 15.3 Å². The summed E-state index contributed by atoms with van der Waals surface area (Å²) in [6.07, 6.45) is 3.22. The zero-order chi connectivity index (χ0) is 16.5. The van der Waals surface area contributed by atoms with E-state index in [1.54, 1.807) is 6.20 Å². The van der Waals surface area contributed by atoms with Crippen LogP contribution in [0, 0.1) is 6.92 Å². The van der Waals surface area contributed by atoms with Crippen LogP contribution in [0.25, 0.3) is 11.0 Å². The highest BCUT2D eigenvalue weighted by atomic mass is 16.3. The van der Waals surface area contributed by atoms with Gasteiger partial charge in [-0.25, -0.2) is 9.97 Å². The van der Waals surface area contributed by atoms with Crippen LogP contribution in [0.3, 0.4) is 0 Å². The van der Waals surface area contributed by atoms with E-state index in [1.807, 2.05) is 25.1 Å². The Morgan fingerprint density at radius 2 is 2.21 bits per heavy atom. The van der Waals surface area contributed by atoms with Crippen LogP contribution in [-0.4, -0.2) is 49.4 Å². The number of rotatable bonds is 3. The molecule has 4 heterocycles. The standard InChI is InChI=1S/C16H19N7O/c1-10-4-5-12-14(18-10)21-22-15(12)20-16-17-7-6-13(19-16)23-8-2-3-11(24)9-23/h4-7,11,24H,2-3,8-9H2,1H3,(H2,17,18,19,20,21,22). The van der Waals surface area contributed by atoms with Gasteiger partial charge in [-0.2, -0.15) is 10.1 Å². The molecule has 1 saturated heterocycles. The van der Waals surface area contributed by atoms with Crippen LogP contribution in [0.2, 0.25) is 0 Å². The highest BCUT2D eigenvalue weighted by Crippen LogP contribution is 2.23. The normalized spacial score (nSPS) is 18.1. The summed E-state index contributed by atoms with van der Waals surface area (Å²) in [6.45, 7) is 3.43. The first-order valence-electron chi connectivity index (χ1n) is 8.04. The third-order valence-electron chi connectivity index (χ3n) is 4.15. The molecule has 0 amide bonds. The van der Waals surface area contributed by atoms with Gasteiger partial charge >= 0.3 is 0 Å². The van der Waals surface area contributed by atoms with Gasteiger partial charge in [-0.05, 0) is 38.0 Å². The molecule has 8 nitrogen and oxygen atoms in total. The molecule has 3 N–H and O–H groups in total. The Kier molecular flexibility index (Phi) is 3.73. The second-order valence-corrected chi connectivity index (χ2v) is 6.03. The van der Waals surface area contributed by atoms with Crippen molar-refractivity contribution in [1.82, 2.24) is 25.1 Å². The van der Waals surface area contributed by atoms with Gasteiger partial charge in [-0.1, -0.05) is 0 Å². The molecule has 0 radical (unpaired) electrons. The summed E-state index contributed by atoms with van der Waals surface area (Å²) in [5, 5.41) is 21.0. The number of nitrogens with one attached hydrogen (secondary N) is 2. The molecule has 24 heavy (non-hydrogen) atoms. The maximum Gasteiger partial charge on any atom is 0.230 e. The van der Waals surface area contributed by atoms with E-state index >= 15 is 0 Å². The molecule has 0 bridgehead atoms. The van der Waals surface area contributed by atoms with Crippen LogP contribution >= 0.6 is 0 Å². The van der Waals surface area contributed by atoms with Crippen molar-refractivity contribution in [3.8, 4) is 0 Å². The number of β-amino-alcohol motifs (C(OH)–C–C–N with tert-alkyl or cyclic N) is 1. The SMILES string of the molecule is Cc1ccc2c(Nc3nccc(N4CCCC(O)C4)n3)n[nH]c2n1. The Bertz CT molecular complexity index is 863. The third-order valence-corrected chi connectivity index (χ3v) is 4.15. The van der Waals surface area contributed by atoms with Gasteiger partial charge in [-0.15, -0.1) is 0 Å². The molecule has 1 aliphatic heterocycles. The maximum atomic E-state index is 9.84. The van der Waals surface area contributed by atoms with Crippen LogP contribution in [0.4, 0.5) is 17.6 Å². The highest BCUT2D eigenvalue weighted by Gasteiger charge is 2.19. The average molecular weight is 325 g/mol. The number of nitrogens with zero attached hydrogens (tertiary/aromatic N) is 5. The van der Waals surface area contributed by atoms with Crippen LogP contribution in [0.15, 0.2) is 24.4 Å². The summed E-state index contributed by atoms with van der Waals surface area (Å²) < 4.78 is 0. The molecule has 1 fully saturated rings. The van der Waals surface area contributed by atoms with E-state index in [1.165, 1.54) is 0 Å². The van der Waals surface area contributed by atoms with Gasteiger partial charge in [0.05, 0.1) is 11.5 Å². The van der Waals surface area contributed by atoms with Crippen molar-refractivity contribution in [3.05, 3.63) is 30.1 Å². The van der Waals surface area contributed by atoms with Crippen molar-refractivity contribution in [2.45, 2.75) is 25.9 Å². The van der Waals surface area contributed by atoms with Crippen LogP contribution in [-0.2, 0) is 0 Å². The van der Waals surface area contributed by atoms with Crippen molar-refractivity contribution >= 4 is 28.6 Å². The first kappa shape index (κ1) is 14.8. The van der Waals surface area contributed by atoms with E-state index in [-0.39, 0.29) is 6.10 Å². The lowest BCUT2D eigenvalue weighted by molar-refractivity contribution is 0.154. The fourth-order valence-corrected chi connectivity index (χ4v) is 2.95. The lowest BCUT2D eigenvalue weighted by atomic mass is 10.1. The fourth-order valence-electron chi connectivity index (χ4n) is 2.95. The van der Waals surface area contributed by atoms with Crippen LogP contribution < -0.4 is 10.2 Å². The summed E-state index contributed by atoms with van der Waals surface area (Å²) >= 11 is 0. The van der Waals surface area contributed by atoms with Gasteiger partial charge in [0.15, 0.2) is 11.5 Å². The molecule has 0 spiro atoms. The van der Waals surface area contributed by atoms with Crippen molar-refractivity contribution in [1.29, 1.82) is 0 Å². The summed E-state index contributed by atoms with van der Waals surface area (Å²) in [5.41, 5.74) is 1.66. The number of aliphatic hydroxyl groups excluding tert-OH is 1.